The maximum atomic E-state index is 13.6. The highest BCUT2D eigenvalue weighted by molar-refractivity contribution is 5.41. The van der Waals surface area contributed by atoms with Gasteiger partial charge in [0.25, 0.3) is 16.7 Å². The summed E-state index contributed by atoms with van der Waals surface area (Å²) in [6.45, 7) is 9.62. The van der Waals surface area contributed by atoms with Gasteiger partial charge in [0.2, 0.25) is 0 Å². The lowest BCUT2D eigenvalue weighted by Crippen LogP contribution is -2.40. The highest BCUT2D eigenvalue weighted by atomic mass is 19.1. The molecule has 7 aromatic rings. The van der Waals surface area contributed by atoms with Crippen molar-refractivity contribution < 1.29 is 9.13 Å². The van der Waals surface area contributed by atoms with Crippen molar-refractivity contribution in [3.05, 3.63) is 218 Å². The molecule has 4 aromatic carbocycles. The van der Waals surface area contributed by atoms with E-state index < -0.39 is 22.8 Å². The smallest absolute Gasteiger partial charge is 0.334 e. The molecule has 1 aliphatic rings. The molecule has 0 radical (unpaired) electrons. The van der Waals surface area contributed by atoms with Crippen LogP contribution in [-0.4, -0.2) is 42.4 Å². The number of aromatic amines is 3. The summed E-state index contributed by atoms with van der Waals surface area (Å²) in [5.41, 5.74) is 1.50. The van der Waals surface area contributed by atoms with Gasteiger partial charge >= 0.3 is 17.1 Å². The number of nitrogens with zero attached hydrogens (tertiary/aromatic N) is 3. The Morgan fingerprint density at radius 2 is 1.09 bits per heavy atom. The SMILES string of the molecule is COC[C@H](Nc1cc(=O)n(C(C)C)c(=O)[nH]1)c1ccccc1.C[C@H](Nc1cc(=O)n(C2CCC2)c(=O)[nH]1)c1ccccc1.Cc1cc(F)cc(-n2c(=O)cc(N[C@@H](C)c3ccccc3)[nH]c2=O)c1. The molecule has 3 atom stereocenters. The number of aryl methyl sites for hydroxylation is 1. The molecule has 3 aromatic heterocycles. The van der Waals surface area contributed by atoms with Crippen LogP contribution in [-0.2, 0) is 4.74 Å². The Bertz CT molecular complexity index is 3010. The van der Waals surface area contributed by atoms with Gasteiger partial charge in [-0.05, 0) is 94.3 Å². The fourth-order valence-electron chi connectivity index (χ4n) is 7.69. The zero-order valence-corrected chi connectivity index (χ0v) is 38.9. The highest BCUT2D eigenvalue weighted by Gasteiger charge is 2.23. The Labute approximate surface area is 391 Å². The first-order valence-electron chi connectivity index (χ1n) is 22.4. The van der Waals surface area contributed by atoms with E-state index >= 15 is 0 Å². The lowest BCUT2D eigenvalue weighted by atomic mass is 9.93. The second-order valence-electron chi connectivity index (χ2n) is 16.8. The standard InChI is InChI=1S/C19H18FN3O2.C16H21N3O3.C16H19N3O2/c1-12-8-15(20)10-16(9-12)23-18(24)11-17(22-19(23)25)21-13(2)14-6-4-3-5-7-14;1-11(2)19-15(20)9-14(18-16(19)21)17-13(10-22-3)12-7-5-4-6-8-12;1-11(12-6-3-2-4-7-12)17-14-10-15(20)19(16(21)18-14)13-8-5-9-13/h3-11,13,21H,1-2H3,(H,22,25);4-9,11,13,17H,10H2,1-3H3,(H,18,21);2-4,6-7,10-11,13,17H,5,8-9H2,1H3,(H,18,21)/t2*13-;11-/m000/s1. The molecule has 356 valence electrons. The summed E-state index contributed by atoms with van der Waals surface area (Å²) in [7, 11) is 1.61. The number of H-pyrrole nitrogens is 3. The number of ether oxygens (including phenoxy) is 1. The van der Waals surface area contributed by atoms with E-state index in [1.165, 1.54) is 33.4 Å². The van der Waals surface area contributed by atoms with Crippen LogP contribution in [0, 0.1) is 12.7 Å². The molecule has 0 bridgehead atoms. The van der Waals surface area contributed by atoms with Gasteiger partial charge in [-0.2, -0.15) is 0 Å². The normalized spacial score (nSPS) is 13.4. The van der Waals surface area contributed by atoms with Gasteiger partial charge in [0.1, 0.15) is 23.3 Å². The van der Waals surface area contributed by atoms with Crippen LogP contribution in [0.3, 0.4) is 0 Å². The molecular weight excluding hydrogens is 870 g/mol. The van der Waals surface area contributed by atoms with E-state index in [9.17, 15) is 33.2 Å². The molecule has 0 spiro atoms. The van der Waals surface area contributed by atoms with Gasteiger partial charge in [-0.1, -0.05) is 91.0 Å². The van der Waals surface area contributed by atoms with Gasteiger partial charge in [-0.25, -0.2) is 23.3 Å². The third kappa shape index (κ3) is 13.0. The summed E-state index contributed by atoms with van der Waals surface area (Å²) in [5.74, 6) is 0.673. The molecular formula is C51H58FN9O7. The van der Waals surface area contributed by atoms with Crippen molar-refractivity contribution >= 4 is 17.5 Å². The zero-order valence-electron chi connectivity index (χ0n) is 38.9. The van der Waals surface area contributed by atoms with Crippen LogP contribution in [0.1, 0.15) is 99.4 Å². The molecule has 68 heavy (non-hydrogen) atoms. The number of benzene rings is 4. The Morgan fingerprint density at radius 3 is 1.54 bits per heavy atom. The minimum Gasteiger partial charge on any atom is -0.382 e. The molecule has 16 nitrogen and oxygen atoms in total. The average Bonchev–Trinajstić information content (AvgIpc) is 3.27. The van der Waals surface area contributed by atoms with E-state index in [2.05, 4.69) is 30.9 Å². The third-order valence-corrected chi connectivity index (χ3v) is 11.3. The maximum absolute atomic E-state index is 13.6. The van der Waals surface area contributed by atoms with Gasteiger partial charge in [0.15, 0.2) is 0 Å². The highest BCUT2D eigenvalue weighted by Crippen LogP contribution is 2.29. The molecule has 1 aliphatic carbocycles. The number of anilines is 3. The van der Waals surface area contributed by atoms with Gasteiger partial charge in [-0.15, -0.1) is 0 Å². The number of nitrogens with one attached hydrogen (secondary N) is 6. The van der Waals surface area contributed by atoms with E-state index in [-0.39, 0.29) is 52.7 Å². The van der Waals surface area contributed by atoms with Gasteiger partial charge in [0, 0.05) is 49.5 Å². The summed E-state index contributed by atoms with van der Waals surface area (Å²) in [4.78, 5) is 81.1. The molecule has 17 heteroatoms. The topological polar surface area (TPSA) is 210 Å². The minimum absolute atomic E-state index is 0.0146. The predicted octanol–water partition coefficient (Wildman–Crippen LogP) is 7.50. The number of hydrogen-bond acceptors (Lipinski definition) is 10. The average molecular weight is 928 g/mol. The molecule has 0 aliphatic heterocycles. The van der Waals surface area contributed by atoms with Crippen LogP contribution >= 0.6 is 0 Å². The van der Waals surface area contributed by atoms with E-state index in [1.807, 2.05) is 105 Å². The zero-order chi connectivity index (χ0) is 48.9. The molecule has 1 fully saturated rings. The number of hydrogen-bond donors (Lipinski definition) is 6. The Balaban J connectivity index is 0.000000169. The first-order valence-corrected chi connectivity index (χ1v) is 22.4. The summed E-state index contributed by atoms with van der Waals surface area (Å²) < 4.78 is 22.2. The second-order valence-corrected chi connectivity index (χ2v) is 16.8. The monoisotopic (exact) mass is 927 g/mol. The summed E-state index contributed by atoms with van der Waals surface area (Å²) in [5, 5.41) is 9.42. The maximum Gasteiger partial charge on any atom is 0.334 e. The first kappa shape index (κ1) is 49.6. The van der Waals surface area contributed by atoms with Crippen LogP contribution < -0.4 is 49.7 Å². The molecule has 0 unspecified atom stereocenters. The van der Waals surface area contributed by atoms with Crippen LogP contribution in [0.5, 0.6) is 0 Å². The Kier molecular flexibility index (Phi) is 16.9. The van der Waals surface area contributed by atoms with Gasteiger partial charge < -0.3 is 20.7 Å². The second kappa shape index (κ2) is 23.1. The fraction of sp³-hybridized carbons (Fsp3) is 0.294. The predicted molar refractivity (Wildman–Crippen MR) is 265 cm³/mol. The number of halogens is 1. The quantitative estimate of drug-likeness (QED) is 0.0633. The third-order valence-electron chi connectivity index (χ3n) is 11.3. The van der Waals surface area contributed by atoms with Crippen molar-refractivity contribution in [2.45, 2.75) is 84.1 Å². The van der Waals surface area contributed by atoms with E-state index in [0.29, 0.717) is 29.6 Å². The lowest BCUT2D eigenvalue weighted by molar-refractivity contribution is 0.186. The van der Waals surface area contributed by atoms with Crippen molar-refractivity contribution in [3.8, 4) is 5.69 Å². The van der Waals surface area contributed by atoms with Crippen molar-refractivity contribution in [1.82, 2.24) is 28.7 Å². The Hall–Kier alpha value is -7.79. The molecule has 0 amide bonds. The largest absolute Gasteiger partial charge is 0.382 e. The molecule has 1 saturated carbocycles. The van der Waals surface area contributed by atoms with Crippen LogP contribution in [0.2, 0.25) is 0 Å². The van der Waals surface area contributed by atoms with Crippen molar-refractivity contribution in [2.24, 2.45) is 0 Å². The van der Waals surface area contributed by atoms with E-state index in [4.69, 9.17) is 4.74 Å². The summed E-state index contributed by atoms with van der Waals surface area (Å²) in [6.07, 6.45) is 2.91. The van der Waals surface area contributed by atoms with Gasteiger partial charge in [-0.3, -0.25) is 38.5 Å². The fourth-order valence-corrected chi connectivity index (χ4v) is 7.69. The lowest BCUT2D eigenvalue weighted by Gasteiger charge is -2.26. The van der Waals surface area contributed by atoms with Gasteiger partial charge in [0.05, 0.1) is 18.3 Å². The Morgan fingerprint density at radius 1 is 0.603 bits per heavy atom. The van der Waals surface area contributed by atoms with Crippen LogP contribution in [0.25, 0.3) is 5.69 Å². The molecule has 8 rings (SSSR count). The van der Waals surface area contributed by atoms with Crippen molar-refractivity contribution in [1.29, 1.82) is 0 Å². The summed E-state index contributed by atoms with van der Waals surface area (Å²) >= 11 is 0. The van der Waals surface area contributed by atoms with Crippen molar-refractivity contribution in [3.63, 3.8) is 0 Å². The first-order chi connectivity index (χ1) is 32.6. The molecule has 6 N–H and O–H groups in total. The van der Waals surface area contributed by atoms with Crippen LogP contribution in [0.4, 0.5) is 21.8 Å². The molecule has 0 saturated heterocycles. The van der Waals surface area contributed by atoms with E-state index in [0.717, 1.165) is 46.6 Å². The summed E-state index contributed by atoms with van der Waals surface area (Å²) in [6, 6.07) is 37.1. The van der Waals surface area contributed by atoms with E-state index in [1.54, 1.807) is 33.9 Å². The van der Waals surface area contributed by atoms with Crippen LogP contribution in [0.15, 0.2) is 156 Å². The number of rotatable bonds is 14. The minimum atomic E-state index is -0.625. The number of methoxy groups -OCH3 is 1. The van der Waals surface area contributed by atoms with Crippen molar-refractivity contribution in [2.75, 3.05) is 29.7 Å². The molecule has 3 heterocycles. The number of aromatic nitrogens is 6.